The van der Waals surface area contributed by atoms with E-state index in [0.29, 0.717) is 12.1 Å². The van der Waals surface area contributed by atoms with Crippen LogP contribution in [-0.4, -0.2) is 17.6 Å². The number of carbonyl (C=O) groups excluding carboxylic acids is 1. The van der Waals surface area contributed by atoms with Crippen LogP contribution in [-0.2, 0) is 11.8 Å². The lowest BCUT2D eigenvalue weighted by molar-refractivity contribution is 0.0953. The highest BCUT2D eigenvalue weighted by molar-refractivity contribution is 5.94. The Balaban J connectivity index is 1.77. The van der Waals surface area contributed by atoms with Crippen molar-refractivity contribution in [2.45, 2.75) is 39.0 Å². The van der Waals surface area contributed by atoms with Crippen LogP contribution in [0.4, 0.5) is 0 Å². The van der Waals surface area contributed by atoms with E-state index in [1.165, 1.54) is 23.3 Å². The summed E-state index contributed by atoms with van der Waals surface area (Å²) in [5.74, 6) is 0.0633. The van der Waals surface area contributed by atoms with Crippen LogP contribution < -0.4 is 5.32 Å². The second-order valence-corrected chi connectivity index (χ2v) is 6.85. The summed E-state index contributed by atoms with van der Waals surface area (Å²) in [5.41, 5.74) is 3.37. The third-order valence-corrected chi connectivity index (χ3v) is 3.88. The number of hydrogen-bond acceptors (Lipinski definition) is 2. The topological polar surface area (TPSA) is 49.3 Å². The zero-order valence-electron chi connectivity index (χ0n) is 14.1. The summed E-state index contributed by atoms with van der Waals surface area (Å²) in [4.78, 5) is 11.9. The maximum Gasteiger partial charge on any atom is 0.251 e. The molecule has 0 aromatic heterocycles. The molecular formula is C20H25NO2. The smallest absolute Gasteiger partial charge is 0.251 e. The maximum absolute atomic E-state index is 11.9. The van der Waals surface area contributed by atoms with Crippen molar-refractivity contribution in [3.63, 3.8) is 0 Å². The molecule has 0 aliphatic carbocycles. The number of aromatic hydroxyl groups is 1. The largest absolute Gasteiger partial charge is 0.508 e. The molecule has 0 unspecified atom stereocenters. The number of nitrogens with one attached hydrogen (secondary N) is 1. The highest BCUT2D eigenvalue weighted by Crippen LogP contribution is 2.22. The van der Waals surface area contributed by atoms with Gasteiger partial charge >= 0.3 is 0 Å². The van der Waals surface area contributed by atoms with Crippen molar-refractivity contribution >= 4 is 5.91 Å². The first-order valence-electron chi connectivity index (χ1n) is 8.03. The van der Waals surface area contributed by atoms with Gasteiger partial charge in [-0.15, -0.1) is 0 Å². The summed E-state index contributed by atoms with van der Waals surface area (Å²) >= 11 is 0. The first kappa shape index (κ1) is 17.1. The minimum absolute atomic E-state index is 0.104. The first-order valence-corrected chi connectivity index (χ1v) is 8.03. The van der Waals surface area contributed by atoms with E-state index in [9.17, 15) is 9.90 Å². The highest BCUT2D eigenvalue weighted by atomic mass is 16.3. The molecule has 2 N–H and O–H groups in total. The summed E-state index contributed by atoms with van der Waals surface area (Å²) in [6.07, 6.45) is 1.85. The van der Waals surface area contributed by atoms with Crippen molar-refractivity contribution in [1.82, 2.24) is 5.32 Å². The van der Waals surface area contributed by atoms with Gasteiger partial charge in [0.1, 0.15) is 5.75 Å². The summed E-state index contributed by atoms with van der Waals surface area (Å²) in [7, 11) is 0. The van der Waals surface area contributed by atoms with Crippen LogP contribution in [0.3, 0.4) is 0 Å². The third-order valence-electron chi connectivity index (χ3n) is 3.88. The number of benzene rings is 2. The molecule has 0 aliphatic rings. The lowest BCUT2D eigenvalue weighted by atomic mass is 9.86. The van der Waals surface area contributed by atoms with Gasteiger partial charge in [0.25, 0.3) is 5.91 Å². The number of hydrogen-bond donors (Lipinski definition) is 2. The Kier molecular flexibility index (Phi) is 5.43. The summed E-state index contributed by atoms with van der Waals surface area (Å²) in [6.45, 7) is 7.27. The SMILES string of the molecule is CC(C)(C)c1ccc(CCCNC(=O)c2ccc(O)cc2)cc1. The van der Waals surface area contributed by atoms with Crippen molar-refractivity contribution < 1.29 is 9.90 Å². The molecule has 0 atom stereocenters. The molecule has 2 aromatic rings. The molecule has 122 valence electrons. The van der Waals surface area contributed by atoms with Gasteiger partial charge in [-0.25, -0.2) is 0 Å². The molecule has 0 aliphatic heterocycles. The molecule has 0 bridgehead atoms. The molecule has 1 amide bonds. The average molecular weight is 311 g/mol. The van der Waals surface area contributed by atoms with Crippen LogP contribution in [0, 0.1) is 0 Å². The van der Waals surface area contributed by atoms with E-state index in [2.05, 4.69) is 50.4 Å². The van der Waals surface area contributed by atoms with Crippen molar-refractivity contribution in [3.8, 4) is 5.75 Å². The Morgan fingerprint density at radius 3 is 2.17 bits per heavy atom. The summed E-state index contributed by atoms with van der Waals surface area (Å²) < 4.78 is 0. The molecule has 0 saturated heterocycles. The zero-order valence-corrected chi connectivity index (χ0v) is 14.1. The molecule has 3 nitrogen and oxygen atoms in total. The molecule has 3 heteroatoms. The number of phenolic OH excluding ortho intramolecular Hbond substituents is 1. The first-order chi connectivity index (χ1) is 10.9. The van der Waals surface area contributed by atoms with Gasteiger partial charge in [-0.1, -0.05) is 45.0 Å². The lowest BCUT2D eigenvalue weighted by Crippen LogP contribution is -2.24. The minimum atomic E-state index is -0.104. The van der Waals surface area contributed by atoms with Crippen LogP contribution in [0.25, 0.3) is 0 Å². The van der Waals surface area contributed by atoms with Gasteiger partial charge in [-0.3, -0.25) is 4.79 Å². The number of amides is 1. The molecule has 2 rings (SSSR count). The van der Waals surface area contributed by atoms with Crippen LogP contribution in [0.15, 0.2) is 48.5 Å². The molecule has 0 radical (unpaired) electrons. The number of aryl methyl sites for hydroxylation is 1. The molecule has 23 heavy (non-hydrogen) atoms. The van der Waals surface area contributed by atoms with Crippen molar-refractivity contribution in [2.24, 2.45) is 0 Å². The van der Waals surface area contributed by atoms with Gasteiger partial charge in [-0.05, 0) is 53.6 Å². The molecule has 0 saturated carbocycles. The van der Waals surface area contributed by atoms with E-state index in [1.807, 2.05) is 0 Å². The van der Waals surface area contributed by atoms with Crippen LogP contribution in [0.5, 0.6) is 5.75 Å². The van der Waals surface area contributed by atoms with Gasteiger partial charge in [0.05, 0.1) is 0 Å². The van der Waals surface area contributed by atoms with Crippen molar-refractivity contribution in [1.29, 1.82) is 0 Å². The van der Waals surface area contributed by atoms with Crippen molar-refractivity contribution in [2.75, 3.05) is 6.54 Å². The summed E-state index contributed by atoms with van der Waals surface area (Å²) in [5, 5.41) is 12.1. The van der Waals surface area contributed by atoms with E-state index in [-0.39, 0.29) is 17.1 Å². The molecule has 0 spiro atoms. The number of phenols is 1. The van der Waals surface area contributed by atoms with E-state index >= 15 is 0 Å². The quantitative estimate of drug-likeness (QED) is 0.818. The fourth-order valence-electron chi connectivity index (χ4n) is 2.38. The van der Waals surface area contributed by atoms with Crippen LogP contribution in [0.2, 0.25) is 0 Å². The maximum atomic E-state index is 11.9. The minimum Gasteiger partial charge on any atom is -0.508 e. The Hall–Kier alpha value is -2.29. The average Bonchev–Trinajstić information content (AvgIpc) is 2.51. The van der Waals surface area contributed by atoms with E-state index in [1.54, 1.807) is 12.1 Å². The Morgan fingerprint density at radius 2 is 1.61 bits per heavy atom. The number of carbonyl (C=O) groups is 1. The van der Waals surface area contributed by atoms with Crippen LogP contribution in [0.1, 0.15) is 48.7 Å². The van der Waals surface area contributed by atoms with Gasteiger partial charge in [0, 0.05) is 12.1 Å². The van der Waals surface area contributed by atoms with Crippen molar-refractivity contribution in [3.05, 3.63) is 65.2 Å². The zero-order chi connectivity index (χ0) is 16.9. The van der Waals surface area contributed by atoms with E-state index < -0.39 is 0 Å². The third kappa shape index (κ3) is 5.13. The Morgan fingerprint density at radius 1 is 1.00 bits per heavy atom. The number of rotatable bonds is 5. The van der Waals surface area contributed by atoms with E-state index in [4.69, 9.17) is 0 Å². The molecular weight excluding hydrogens is 286 g/mol. The van der Waals surface area contributed by atoms with Gasteiger partial charge in [-0.2, -0.15) is 0 Å². The second-order valence-electron chi connectivity index (χ2n) is 6.85. The summed E-state index contributed by atoms with van der Waals surface area (Å²) in [6, 6.07) is 15.0. The normalized spacial score (nSPS) is 11.3. The van der Waals surface area contributed by atoms with Crippen LogP contribution >= 0.6 is 0 Å². The molecule has 0 heterocycles. The predicted octanol–water partition coefficient (Wildman–Crippen LogP) is 4.05. The lowest BCUT2D eigenvalue weighted by Gasteiger charge is -2.19. The fraction of sp³-hybridized carbons (Fsp3) is 0.350. The standard InChI is InChI=1S/C20H25NO2/c1-20(2,3)17-10-6-15(7-11-17)5-4-14-21-19(23)16-8-12-18(22)13-9-16/h6-13,22H,4-5,14H2,1-3H3,(H,21,23). The molecule has 2 aromatic carbocycles. The second kappa shape index (κ2) is 7.32. The Bertz CT molecular complexity index is 637. The van der Waals surface area contributed by atoms with Gasteiger partial charge in [0.15, 0.2) is 0 Å². The van der Waals surface area contributed by atoms with Gasteiger partial charge < -0.3 is 10.4 Å². The predicted molar refractivity (Wildman–Crippen MR) is 93.9 cm³/mol. The highest BCUT2D eigenvalue weighted by Gasteiger charge is 2.12. The van der Waals surface area contributed by atoms with Gasteiger partial charge in [0.2, 0.25) is 0 Å². The monoisotopic (exact) mass is 311 g/mol. The Labute approximate surface area is 138 Å². The fourth-order valence-corrected chi connectivity index (χ4v) is 2.38. The van der Waals surface area contributed by atoms with E-state index in [0.717, 1.165) is 12.8 Å². The molecule has 0 fully saturated rings.